The topological polar surface area (TPSA) is 78.4 Å². The molecule has 8 heteroatoms. The van der Waals surface area contributed by atoms with Gasteiger partial charge in [-0.25, -0.2) is 0 Å². The number of aromatic nitrogens is 2. The molecule has 28 heavy (non-hydrogen) atoms. The predicted molar refractivity (Wildman–Crippen MR) is 111 cm³/mol. The number of benzene rings is 1. The summed E-state index contributed by atoms with van der Waals surface area (Å²) in [5.41, 5.74) is 3.15. The molecule has 2 fully saturated rings. The summed E-state index contributed by atoms with van der Waals surface area (Å²) in [5.74, 6) is 0.0828. The summed E-state index contributed by atoms with van der Waals surface area (Å²) in [7, 11) is 0. The van der Waals surface area contributed by atoms with Gasteiger partial charge in [0.15, 0.2) is 0 Å². The molecule has 0 bridgehead atoms. The number of nitrogens with one attached hydrogen (secondary N) is 1. The number of rotatable bonds is 4. The normalized spacial score (nSPS) is 19.9. The fourth-order valence-corrected chi connectivity index (χ4v) is 4.71. The van der Waals surface area contributed by atoms with E-state index in [9.17, 15) is 9.59 Å². The summed E-state index contributed by atoms with van der Waals surface area (Å²) < 4.78 is 0. The van der Waals surface area contributed by atoms with E-state index in [2.05, 4.69) is 20.4 Å². The molecule has 0 radical (unpaired) electrons. The molecule has 2 aliphatic rings. The van der Waals surface area contributed by atoms with Crippen molar-refractivity contribution in [1.29, 1.82) is 0 Å². The molecule has 0 unspecified atom stereocenters. The fraction of sp³-hybridized carbons (Fsp3) is 0.500. The maximum atomic E-state index is 12.8. The van der Waals surface area contributed by atoms with Crippen LogP contribution in [0, 0.1) is 19.8 Å². The second-order valence-corrected chi connectivity index (χ2v) is 8.47. The second kappa shape index (κ2) is 7.87. The highest BCUT2D eigenvalue weighted by Gasteiger charge is 2.30. The summed E-state index contributed by atoms with van der Waals surface area (Å²) in [6.07, 6.45) is 3.25. The number of anilines is 3. The van der Waals surface area contributed by atoms with Crippen LogP contribution in [0.4, 0.5) is 16.0 Å². The van der Waals surface area contributed by atoms with E-state index in [1.807, 2.05) is 32.0 Å². The lowest BCUT2D eigenvalue weighted by Gasteiger charge is -2.31. The van der Waals surface area contributed by atoms with Crippen molar-refractivity contribution in [3.05, 3.63) is 29.3 Å². The standard InChI is InChI=1S/C20H25N5O2S/c1-13-6-3-8-16(14(13)2)21-18(27)15-7-4-10-24(12-15)19-22-23-20(28-19)25-11-5-9-17(25)26/h3,6,8,15H,4-5,7,9-12H2,1-2H3,(H,21,27)/t15-/m1/s1. The van der Waals surface area contributed by atoms with Gasteiger partial charge in [-0.1, -0.05) is 23.5 Å². The van der Waals surface area contributed by atoms with Crippen LogP contribution in [-0.4, -0.2) is 41.6 Å². The SMILES string of the molecule is Cc1cccc(NC(=O)[C@@H]2CCCN(c3nnc(N4CCCC4=O)s3)C2)c1C. The maximum absolute atomic E-state index is 12.8. The van der Waals surface area contributed by atoms with E-state index in [1.165, 1.54) is 16.9 Å². The highest BCUT2D eigenvalue weighted by atomic mass is 32.1. The first-order valence-electron chi connectivity index (χ1n) is 9.79. The minimum atomic E-state index is -0.0885. The Kier molecular flexibility index (Phi) is 5.30. The van der Waals surface area contributed by atoms with Crippen LogP contribution < -0.4 is 15.1 Å². The van der Waals surface area contributed by atoms with Crippen LogP contribution in [0.2, 0.25) is 0 Å². The lowest BCUT2D eigenvalue weighted by molar-refractivity contribution is -0.120. The highest BCUT2D eigenvalue weighted by molar-refractivity contribution is 7.19. The van der Waals surface area contributed by atoms with Crippen molar-refractivity contribution in [2.24, 2.45) is 5.92 Å². The van der Waals surface area contributed by atoms with Crippen LogP contribution >= 0.6 is 11.3 Å². The zero-order chi connectivity index (χ0) is 19.7. The van der Waals surface area contributed by atoms with Gasteiger partial charge in [-0.15, -0.1) is 10.2 Å². The Morgan fingerprint density at radius 2 is 2.00 bits per heavy atom. The quantitative estimate of drug-likeness (QED) is 0.855. The summed E-state index contributed by atoms with van der Waals surface area (Å²) >= 11 is 1.44. The van der Waals surface area contributed by atoms with Gasteiger partial charge in [-0.3, -0.25) is 14.5 Å². The number of carbonyl (C=O) groups excluding carboxylic acids is 2. The Morgan fingerprint density at radius 3 is 2.79 bits per heavy atom. The molecule has 1 N–H and O–H groups in total. The third kappa shape index (κ3) is 3.73. The van der Waals surface area contributed by atoms with E-state index in [0.29, 0.717) is 24.6 Å². The number of carbonyl (C=O) groups is 2. The van der Waals surface area contributed by atoms with Gasteiger partial charge < -0.3 is 10.2 Å². The summed E-state index contributed by atoms with van der Waals surface area (Å²) in [6.45, 7) is 6.27. The van der Waals surface area contributed by atoms with Crippen molar-refractivity contribution in [3.8, 4) is 0 Å². The molecule has 0 saturated carbocycles. The molecule has 1 atom stereocenters. The van der Waals surface area contributed by atoms with Gasteiger partial charge in [-0.05, 0) is 50.3 Å². The Bertz CT molecular complexity index is 896. The molecule has 1 aromatic heterocycles. The Balaban J connectivity index is 1.43. The smallest absolute Gasteiger partial charge is 0.229 e. The lowest BCUT2D eigenvalue weighted by Crippen LogP contribution is -2.40. The van der Waals surface area contributed by atoms with Gasteiger partial charge in [-0.2, -0.15) is 0 Å². The molecule has 3 heterocycles. The first-order valence-corrected chi connectivity index (χ1v) is 10.6. The summed E-state index contributed by atoms with van der Waals surface area (Å²) in [4.78, 5) is 28.6. The number of nitrogens with zero attached hydrogens (tertiary/aromatic N) is 4. The number of hydrogen-bond acceptors (Lipinski definition) is 6. The summed E-state index contributed by atoms with van der Waals surface area (Å²) in [6, 6.07) is 5.96. The van der Waals surface area contributed by atoms with Crippen LogP contribution in [0.15, 0.2) is 18.2 Å². The zero-order valence-electron chi connectivity index (χ0n) is 16.3. The molecule has 2 saturated heterocycles. The van der Waals surface area contributed by atoms with E-state index in [-0.39, 0.29) is 17.7 Å². The van der Waals surface area contributed by atoms with Crippen molar-refractivity contribution < 1.29 is 9.59 Å². The van der Waals surface area contributed by atoms with Crippen molar-refractivity contribution in [1.82, 2.24) is 10.2 Å². The van der Waals surface area contributed by atoms with Crippen molar-refractivity contribution in [2.45, 2.75) is 39.5 Å². The van der Waals surface area contributed by atoms with Crippen LogP contribution in [0.3, 0.4) is 0 Å². The van der Waals surface area contributed by atoms with Gasteiger partial charge in [0.1, 0.15) is 0 Å². The first kappa shape index (κ1) is 18.9. The first-order chi connectivity index (χ1) is 13.5. The number of hydrogen-bond donors (Lipinski definition) is 1. The van der Waals surface area contributed by atoms with Gasteiger partial charge >= 0.3 is 0 Å². The van der Waals surface area contributed by atoms with Crippen LogP contribution in [0.1, 0.15) is 36.8 Å². The average molecular weight is 400 g/mol. The molecule has 2 aromatic rings. The molecule has 0 aliphatic carbocycles. The van der Waals surface area contributed by atoms with Crippen LogP contribution in [0.25, 0.3) is 0 Å². The van der Waals surface area contributed by atoms with Gasteiger partial charge in [0.05, 0.1) is 5.92 Å². The number of amides is 2. The van der Waals surface area contributed by atoms with Gasteiger partial charge in [0.25, 0.3) is 0 Å². The highest BCUT2D eigenvalue weighted by Crippen LogP contribution is 2.32. The van der Waals surface area contributed by atoms with Gasteiger partial charge in [0, 0.05) is 31.7 Å². The average Bonchev–Trinajstić information content (AvgIpc) is 3.34. The zero-order valence-corrected chi connectivity index (χ0v) is 17.1. The van der Waals surface area contributed by atoms with E-state index in [1.54, 1.807) is 4.90 Å². The Hall–Kier alpha value is -2.48. The minimum absolute atomic E-state index is 0.0536. The predicted octanol–water partition coefficient (Wildman–Crippen LogP) is 3.14. The second-order valence-electron chi connectivity index (χ2n) is 7.54. The Morgan fingerprint density at radius 1 is 1.18 bits per heavy atom. The van der Waals surface area contributed by atoms with E-state index < -0.39 is 0 Å². The fourth-order valence-electron chi connectivity index (χ4n) is 3.78. The van der Waals surface area contributed by atoms with Crippen molar-refractivity contribution in [2.75, 3.05) is 34.8 Å². The molecule has 1 aromatic carbocycles. The Labute approximate surface area is 168 Å². The number of piperidine rings is 1. The molecular weight excluding hydrogens is 374 g/mol. The van der Waals surface area contributed by atoms with E-state index in [0.717, 1.165) is 42.2 Å². The van der Waals surface area contributed by atoms with Crippen LogP contribution in [-0.2, 0) is 9.59 Å². The molecule has 2 amide bonds. The molecular formula is C20H25N5O2S. The molecule has 7 nitrogen and oxygen atoms in total. The molecule has 148 valence electrons. The van der Waals surface area contributed by atoms with Crippen LogP contribution in [0.5, 0.6) is 0 Å². The van der Waals surface area contributed by atoms with Crippen molar-refractivity contribution >= 4 is 39.1 Å². The third-order valence-corrected chi connectivity index (χ3v) is 6.64. The monoisotopic (exact) mass is 399 g/mol. The van der Waals surface area contributed by atoms with Gasteiger partial charge in [0.2, 0.25) is 22.1 Å². The maximum Gasteiger partial charge on any atom is 0.229 e. The van der Waals surface area contributed by atoms with Crippen molar-refractivity contribution in [3.63, 3.8) is 0 Å². The molecule has 4 rings (SSSR count). The third-order valence-electron chi connectivity index (χ3n) is 5.63. The van der Waals surface area contributed by atoms with E-state index >= 15 is 0 Å². The summed E-state index contributed by atoms with van der Waals surface area (Å²) in [5, 5.41) is 13.1. The molecule has 2 aliphatic heterocycles. The van der Waals surface area contributed by atoms with E-state index in [4.69, 9.17) is 0 Å². The number of aryl methyl sites for hydroxylation is 1. The lowest BCUT2D eigenvalue weighted by atomic mass is 9.97. The minimum Gasteiger partial charge on any atom is -0.346 e. The largest absolute Gasteiger partial charge is 0.346 e. The molecule has 0 spiro atoms.